The molecule has 4 N–H and O–H groups in total. The second kappa shape index (κ2) is 3.75. The summed E-state index contributed by atoms with van der Waals surface area (Å²) in [5.41, 5.74) is 13.1. The predicted octanol–water partition coefficient (Wildman–Crippen LogP) is 0.889. The van der Waals surface area contributed by atoms with Crippen LogP contribution in [0, 0.1) is 0 Å². The quantitative estimate of drug-likeness (QED) is 0.701. The average molecular weight is 194 g/mol. The Labute approximate surface area is 82.8 Å². The van der Waals surface area contributed by atoms with Crippen LogP contribution in [0.5, 0.6) is 11.5 Å². The smallest absolute Gasteiger partial charge is 0.231 e. The minimum Gasteiger partial charge on any atom is -0.454 e. The molecule has 1 aliphatic rings. The number of hydrogen-bond donors (Lipinski definition) is 2. The number of hydrogen-bond acceptors (Lipinski definition) is 4. The van der Waals surface area contributed by atoms with Gasteiger partial charge in [0.15, 0.2) is 11.5 Å². The fourth-order valence-electron chi connectivity index (χ4n) is 1.51. The van der Waals surface area contributed by atoms with Crippen LogP contribution in [0.3, 0.4) is 0 Å². The summed E-state index contributed by atoms with van der Waals surface area (Å²) >= 11 is 0. The number of anilines is 1. The Bertz CT molecular complexity index is 339. The lowest BCUT2D eigenvalue weighted by Gasteiger charge is -2.06. The molecule has 4 heteroatoms. The van der Waals surface area contributed by atoms with Crippen LogP contribution < -0.4 is 20.9 Å². The molecule has 2 rings (SSSR count). The third-order valence-corrected chi connectivity index (χ3v) is 2.28. The van der Waals surface area contributed by atoms with Gasteiger partial charge in [0, 0.05) is 11.8 Å². The zero-order valence-corrected chi connectivity index (χ0v) is 7.95. The Balaban J connectivity index is 2.23. The van der Waals surface area contributed by atoms with Crippen molar-refractivity contribution in [2.24, 2.45) is 5.73 Å². The summed E-state index contributed by atoms with van der Waals surface area (Å²) in [6.45, 7) is 0.961. The molecule has 0 aliphatic carbocycles. The minimum atomic E-state index is 0.287. The maximum atomic E-state index is 5.86. The summed E-state index contributed by atoms with van der Waals surface area (Å²) < 4.78 is 10.5. The molecule has 1 heterocycles. The van der Waals surface area contributed by atoms with Gasteiger partial charge in [-0.15, -0.1) is 0 Å². The van der Waals surface area contributed by atoms with Crippen molar-refractivity contribution >= 4 is 5.69 Å². The Kier molecular flexibility index (Phi) is 2.45. The Morgan fingerprint density at radius 2 is 1.93 bits per heavy atom. The number of aryl methyl sites for hydroxylation is 1. The van der Waals surface area contributed by atoms with Crippen LogP contribution >= 0.6 is 0 Å². The average Bonchev–Trinajstić information content (AvgIpc) is 2.61. The fourth-order valence-corrected chi connectivity index (χ4v) is 1.51. The van der Waals surface area contributed by atoms with Crippen LogP contribution in [0.25, 0.3) is 0 Å². The highest BCUT2D eigenvalue weighted by Gasteiger charge is 2.15. The van der Waals surface area contributed by atoms with Gasteiger partial charge in [-0.3, -0.25) is 0 Å². The van der Waals surface area contributed by atoms with Gasteiger partial charge in [0.1, 0.15) is 0 Å². The molecular formula is C10H14N2O2. The van der Waals surface area contributed by atoms with Crippen molar-refractivity contribution < 1.29 is 9.47 Å². The highest BCUT2D eigenvalue weighted by Crippen LogP contribution is 2.36. The summed E-state index contributed by atoms with van der Waals surface area (Å²) in [5.74, 6) is 1.52. The third-order valence-electron chi connectivity index (χ3n) is 2.28. The first kappa shape index (κ1) is 9.15. The second-order valence-electron chi connectivity index (χ2n) is 3.30. The molecule has 0 amide bonds. The molecule has 4 nitrogen and oxygen atoms in total. The lowest BCUT2D eigenvalue weighted by atomic mass is 10.1. The van der Waals surface area contributed by atoms with Crippen LogP contribution in [0.1, 0.15) is 12.0 Å². The van der Waals surface area contributed by atoms with E-state index >= 15 is 0 Å². The van der Waals surface area contributed by atoms with E-state index in [4.69, 9.17) is 20.9 Å². The molecule has 0 bridgehead atoms. The molecule has 1 aromatic rings. The summed E-state index contributed by atoms with van der Waals surface area (Å²) in [6, 6.07) is 3.75. The molecule has 0 atom stereocenters. The first-order valence-electron chi connectivity index (χ1n) is 4.69. The van der Waals surface area contributed by atoms with E-state index in [0.29, 0.717) is 6.54 Å². The number of benzene rings is 1. The van der Waals surface area contributed by atoms with Crippen molar-refractivity contribution in [1.29, 1.82) is 0 Å². The van der Waals surface area contributed by atoms with Crippen LogP contribution in [0.2, 0.25) is 0 Å². The SMILES string of the molecule is NCCCc1cc2c(cc1N)OCO2. The first-order valence-corrected chi connectivity index (χ1v) is 4.69. The van der Waals surface area contributed by atoms with E-state index in [1.807, 2.05) is 12.1 Å². The number of nitrogen functional groups attached to an aromatic ring is 1. The molecule has 0 aromatic heterocycles. The zero-order valence-electron chi connectivity index (χ0n) is 7.95. The van der Waals surface area contributed by atoms with E-state index in [9.17, 15) is 0 Å². The van der Waals surface area contributed by atoms with Crippen molar-refractivity contribution in [3.8, 4) is 11.5 Å². The van der Waals surface area contributed by atoms with Crippen LogP contribution in [-0.4, -0.2) is 13.3 Å². The Morgan fingerprint density at radius 3 is 2.64 bits per heavy atom. The van der Waals surface area contributed by atoms with Gasteiger partial charge in [-0.05, 0) is 31.0 Å². The molecule has 0 spiro atoms. The highest BCUT2D eigenvalue weighted by molar-refractivity contribution is 5.58. The van der Waals surface area contributed by atoms with Gasteiger partial charge in [0.05, 0.1) is 0 Å². The van der Waals surface area contributed by atoms with E-state index in [-0.39, 0.29) is 6.79 Å². The molecule has 1 aliphatic heterocycles. The van der Waals surface area contributed by atoms with Crippen LogP contribution in [0.15, 0.2) is 12.1 Å². The predicted molar refractivity (Wildman–Crippen MR) is 54.4 cm³/mol. The summed E-state index contributed by atoms with van der Waals surface area (Å²) in [7, 11) is 0. The van der Waals surface area contributed by atoms with Gasteiger partial charge in [0.25, 0.3) is 0 Å². The maximum absolute atomic E-state index is 5.86. The van der Waals surface area contributed by atoms with Crippen LogP contribution in [0.4, 0.5) is 5.69 Å². The van der Waals surface area contributed by atoms with Crippen molar-refractivity contribution in [2.45, 2.75) is 12.8 Å². The molecule has 14 heavy (non-hydrogen) atoms. The summed E-state index contributed by atoms with van der Waals surface area (Å²) in [5, 5.41) is 0. The number of rotatable bonds is 3. The standard InChI is InChI=1S/C10H14N2O2/c11-3-1-2-7-4-9-10(5-8(7)12)14-6-13-9/h4-5H,1-3,6,11-12H2. The van der Waals surface area contributed by atoms with Crippen LogP contribution in [-0.2, 0) is 6.42 Å². The Morgan fingerprint density at radius 1 is 1.21 bits per heavy atom. The van der Waals surface area contributed by atoms with Crippen molar-refractivity contribution in [3.63, 3.8) is 0 Å². The normalized spacial score (nSPS) is 13.2. The van der Waals surface area contributed by atoms with Crippen molar-refractivity contribution in [2.75, 3.05) is 19.1 Å². The van der Waals surface area contributed by atoms with Gasteiger partial charge in [0.2, 0.25) is 6.79 Å². The topological polar surface area (TPSA) is 70.5 Å². The monoisotopic (exact) mass is 194 g/mol. The molecule has 0 saturated carbocycles. The summed E-state index contributed by atoms with van der Waals surface area (Å²) in [4.78, 5) is 0. The third kappa shape index (κ3) is 1.61. The largest absolute Gasteiger partial charge is 0.454 e. The lowest BCUT2D eigenvalue weighted by molar-refractivity contribution is 0.174. The minimum absolute atomic E-state index is 0.287. The van der Waals surface area contributed by atoms with E-state index < -0.39 is 0 Å². The molecule has 0 saturated heterocycles. The Hall–Kier alpha value is -1.42. The van der Waals surface area contributed by atoms with E-state index in [0.717, 1.165) is 35.6 Å². The van der Waals surface area contributed by atoms with E-state index in [2.05, 4.69) is 0 Å². The molecule has 76 valence electrons. The molecular weight excluding hydrogens is 180 g/mol. The molecule has 0 radical (unpaired) electrons. The molecule has 1 aromatic carbocycles. The zero-order chi connectivity index (χ0) is 9.97. The van der Waals surface area contributed by atoms with Gasteiger partial charge in [-0.2, -0.15) is 0 Å². The van der Waals surface area contributed by atoms with E-state index in [1.165, 1.54) is 0 Å². The van der Waals surface area contributed by atoms with Crippen molar-refractivity contribution in [3.05, 3.63) is 17.7 Å². The first-order chi connectivity index (χ1) is 6.81. The van der Waals surface area contributed by atoms with Gasteiger partial charge < -0.3 is 20.9 Å². The van der Waals surface area contributed by atoms with Crippen molar-refractivity contribution in [1.82, 2.24) is 0 Å². The van der Waals surface area contributed by atoms with E-state index in [1.54, 1.807) is 0 Å². The van der Waals surface area contributed by atoms with Gasteiger partial charge >= 0.3 is 0 Å². The highest BCUT2D eigenvalue weighted by atomic mass is 16.7. The number of fused-ring (bicyclic) bond motifs is 1. The molecule has 0 unspecified atom stereocenters. The van der Waals surface area contributed by atoms with Gasteiger partial charge in [-0.25, -0.2) is 0 Å². The van der Waals surface area contributed by atoms with Gasteiger partial charge in [-0.1, -0.05) is 0 Å². The lowest BCUT2D eigenvalue weighted by Crippen LogP contribution is -2.02. The maximum Gasteiger partial charge on any atom is 0.231 e. The second-order valence-corrected chi connectivity index (χ2v) is 3.30. The summed E-state index contributed by atoms with van der Waals surface area (Å²) in [6.07, 6.45) is 1.82. The number of ether oxygens (including phenoxy) is 2. The fraction of sp³-hybridized carbons (Fsp3) is 0.400. The molecule has 0 fully saturated rings. The number of nitrogens with two attached hydrogens (primary N) is 2.